The molecule has 5 nitrogen and oxygen atoms in total. The third-order valence-corrected chi connectivity index (χ3v) is 0.720. The third kappa shape index (κ3) is 5.67. The van der Waals surface area contributed by atoms with Gasteiger partial charge in [0.05, 0.1) is 19.1 Å². The molecule has 0 heterocycles. The van der Waals surface area contributed by atoms with E-state index in [2.05, 4.69) is 0 Å². The summed E-state index contributed by atoms with van der Waals surface area (Å²) in [5.74, 6) is -2.89. The van der Waals surface area contributed by atoms with E-state index in [-0.39, 0.29) is 0 Å². The summed E-state index contributed by atoms with van der Waals surface area (Å²) in [5, 5.41) is 41.1. The monoisotopic (exact) mass is 138 g/mol. The van der Waals surface area contributed by atoms with Crippen LogP contribution in [-0.4, -0.2) is 44.2 Å². The Morgan fingerprint density at radius 2 is 1.67 bits per heavy atom. The second-order valence-electron chi connectivity index (χ2n) is 1.81. The van der Waals surface area contributed by atoms with E-state index in [0.29, 0.717) is 0 Å². The number of rotatable bonds is 3. The van der Waals surface area contributed by atoms with Gasteiger partial charge in [0, 0.05) is 0 Å². The summed E-state index contributed by atoms with van der Waals surface area (Å²) in [6.45, 7) is -0.608. The van der Waals surface area contributed by atoms with Crippen molar-refractivity contribution in [1.29, 1.82) is 0 Å². The van der Waals surface area contributed by atoms with E-state index in [1.807, 2.05) is 0 Å². The van der Waals surface area contributed by atoms with Gasteiger partial charge in [0.15, 0.2) is 0 Å². The zero-order valence-electron chi connectivity index (χ0n) is 4.73. The van der Waals surface area contributed by atoms with E-state index in [9.17, 15) is 0 Å². The van der Waals surface area contributed by atoms with Gasteiger partial charge in [-0.1, -0.05) is 0 Å². The largest absolute Gasteiger partial charge is 0.394 e. The maximum Gasteiger partial charge on any atom is 0.277 e. The van der Waals surface area contributed by atoms with Crippen molar-refractivity contribution < 1.29 is 25.5 Å². The van der Waals surface area contributed by atoms with Crippen LogP contribution in [0.5, 0.6) is 0 Å². The highest BCUT2D eigenvalue weighted by Crippen LogP contribution is 2.03. The van der Waals surface area contributed by atoms with Crippen molar-refractivity contribution >= 4 is 0 Å². The highest BCUT2D eigenvalue weighted by molar-refractivity contribution is 4.57. The molecule has 9 heavy (non-hydrogen) atoms. The van der Waals surface area contributed by atoms with E-state index >= 15 is 0 Å². The molecule has 0 bridgehead atoms. The zero-order valence-corrected chi connectivity index (χ0v) is 4.73. The van der Waals surface area contributed by atoms with Crippen LogP contribution in [0.15, 0.2) is 0 Å². The van der Waals surface area contributed by atoms with Crippen molar-refractivity contribution in [3.8, 4) is 0 Å². The maximum absolute atomic E-state index is 8.46. The summed E-state index contributed by atoms with van der Waals surface area (Å²) in [5.41, 5.74) is 0. The fourth-order valence-electron chi connectivity index (χ4n) is 0.381. The van der Waals surface area contributed by atoms with Crippen LogP contribution in [0, 0.1) is 0 Å². The molecule has 0 aromatic carbocycles. The summed E-state index contributed by atoms with van der Waals surface area (Å²) >= 11 is 0. The third-order valence-electron chi connectivity index (χ3n) is 0.720. The lowest BCUT2D eigenvalue weighted by atomic mass is 10.2. The lowest BCUT2D eigenvalue weighted by Gasteiger charge is -2.16. The molecule has 5 heteroatoms. The standard InChI is InChI=1S/C4H10O5/c5-2-3(6)1-4(7,8)9/h3,5-9H,1-2H2. The molecule has 0 saturated carbocycles. The predicted octanol–water partition coefficient (Wildman–Crippen LogP) is -2.64. The van der Waals surface area contributed by atoms with Crippen molar-refractivity contribution in [1.82, 2.24) is 0 Å². The first-order chi connectivity index (χ1) is 3.95. The molecule has 0 spiro atoms. The van der Waals surface area contributed by atoms with Gasteiger partial charge < -0.3 is 25.5 Å². The SMILES string of the molecule is OCC(O)CC(O)(O)O. The molecule has 56 valence electrons. The van der Waals surface area contributed by atoms with Crippen LogP contribution < -0.4 is 0 Å². The Hall–Kier alpha value is -0.200. The Bertz CT molecular complexity index is 75.5. The first-order valence-electron chi connectivity index (χ1n) is 2.42. The van der Waals surface area contributed by atoms with Crippen molar-refractivity contribution in [2.24, 2.45) is 0 Å². The van der Waals surface area contributed by atoms with Gasteiger partial charge in [-0.15, -0.1) is 0 Å². The first kappa shape index (κ1) is 8.80. The normalized spacial score (nSPS) is 15.7. The van der Waals surface area contributed by atoms with Crippen molar-refractivity contribution in [3.63, 3.8) is 0 Å². The minimum absolute atomic E-state index is 0.608. The number of aliphatic hydroxyl groups excluding tert-OH is 2. The van der Waals surface area contributed by atoms with Gasteiger partial charge in [-0.2, -0.15) is 0 Å². The molecule has 0 aromatic heterocycles. The van der Waals surface area contributed by atoms with E-state index in [0.717, 1.165) is 0 Å². The molecular formula is C4H10O5. The highest BCUT2D eigenvalue weighted by Gasteiger charge is 2.22. The molecule has 0 amide bonds. The van der Waals surface area contributed by atoms with Gasteiger partial charge in [0.1, 0.15) is 0 Å². The molecule has 5 N–H and O–H groups in total. The fraction of sp³-hybridized carbons (Fsp3) is 1.00. The Morgan fingerprint density at radius 1 is 1.22 bits per heavy atom. The molecule has 1 unspecified atom stereocenters. The smallest absolute Gasteiger partial charge is 0.277 e. The topological polar surface area (TPSA) is 101 Å². The van der Waals surface area contributed by atoms with E-state index in [1.165, 1.54) is 0 Å². The number of aliphatic hydroxyl groups is 5. The van der Waals surface area contributed by atoms with Crippen LogP contribution in [0.3, 0.4) is 0 Å². The molecular weight excluding hydrogens is 128 g/mol. The highest BCUT2D eigenvalue weighted by atomic mass is 16.7. The molecule has 1 atom stereocenters. The molecule has 0 rings (SSSR count). The zero-order chi connectivity index (χ0) is 7.49. The molecule has 0 saturated heterocycles. The van der Waals surface area contributed by atoms with Crippen molar-refractivity contribution in [2.75, 3.05) is 6.61 Å². The van der Waals surface area contributed by atoms with Crippen molar-refractivity contribution in [2.45, 2.75) is 18.5 Å². The van der Waals surface area contributed by atoms with E-state index in [4.69, 9.17) is 25.5 Å². The number of hydrogen-bond acceptors (Lipinski definition) is 5. The Kier molecular flexibility index (Phi) is 3.02. The van der Waals surface area contributed by atoms with Crippen molar-refractivity contribution in [3.05, 3.63) is 0 Å². The lowest BCUT2D eigenvalue weighted by Crippen LogP contribution is -2.33. The van der Waals surface area contributed by atoms with Gasteiger partial charge in [-0.05, 0) is 0 Å². The average Bonchev–Trinajstić information content (AvgIpc) is 1.62. The molecule has 0 aliphatic carbocycles. The molecule has 0 aliphatic rings. The minimum Gasteiger partial charge on any atom is -0.394 e. The van der Waals surface area contributed by atoms with Crippen LogP contribution in [-0.2, 0) is 0 Å². The van der Waals surface area contributed by atoms with Crippen LogP contribution in [0.4, 0.5) is 0 Å². The molecule has 0 aliphatic heterocycles. The average molecular weight is 138 g/mol. The lowest BCUT2D eigenvalue weighted by molar-refractivity contribution is -0.323. The van der Waals surface area contributed by atoms with Crippen LogP contribution in [0.25, 0.3) is 0 Å². The summed E-state index contributed by atoms with van der Waals surface area (Å²) in [4.78, 5) is 0. The second-order valence-corrected chi connectivity index (χ2v) is 1.81. The minimum atomic E-state index is -2.89. The maximum atomic E-state index is 8.46. The van der Waals surface area contributed by atoms with E-state index in [1.54, 1.807) is 0 Å². The second kappa shape index (κ2) is 3.09. The quantitative estimate of drug-likeness (QED) is 0.274. The fourth-order valence-corrected chi connectivity index (χ4v) is 0.381. The summed E-state index contributed by atoms with van der Waals surface area (Å²) in [7, 11) is 0. The van der Waals surface area contributed by atoms with Gasteiger partial charge >= 0.3 is 0 Å². The summed E-state index contributed by atoms with van der Waals surface area (Å²) < 4.78 is 0. The van der Waals surface area contributed by atoms with E-state index < -0.39 is 25.1 Å². The summed E-state index contributed by atoms with van der Waals surface area (Å²) in [6.07, 6.45) is -1.98. The predicted molar refractivity (Wildman–Crippen MR) is 27.1 cm³/mol. The Morgan fingerprint density at radius 3 is 1.78 bits per heavy atom. The van der Waals surface area contributed by atoms with Crippen LogP contribution in [0.1, 0.15) is 6.42 Å². The Labute approximate surface area is 51.8 Å². The van der Waals surface area contributed by atoms with Gasteiger partial charge in [-0.25, -0.2) is 0 Å². The van der Waals surface area contributed by atoms with Gasteiger partial charge in [-0.3, -0.25) is 0 Å². The van der Waals surface area contributed by atoms with Crippen LogP contribution in [0.2, 0.25) is 0 Å². The molecule has 0 radical (unpaired) electrons. The van der Waals surface area contributed by atoms with Gasteiger partial charge in [0.25, 0.3) is 5.97 Å². The van der Waals surface area contributed by atoms with Gasteiger partial charge in [0.2, 0.25) is 0 Å². The Balaban J connectivity index is 3.47. The first-order valence-corrected chi connectivity index (χ1v) is 2.42. The summed E-state index contributed by atoms with van der Waals surface area (Å²) in [6, 6.07) is 0. The van der Waals surface area contributed by atoms with Crippen LogP contribution >= 0.6 is 0 Å². The number of hydrogen-bond donors (Lipinski definition) is 5. The molecule has 0 fully saturated rings. The molecule has 0 aromatic rings.